The molecule has 1 aliphatic carbocycles. The van der Waals surface area contributed by atoms with Crippen molar-refractivity contribution in [2.24, 2.45) is 5.84 Å². The molecule has 1 aromatic heterocycles. The Labute approximate surface area is 115 Å². The monoisotopic (exact) mass is 263 g/mol. The summed E-state index contributed by atoms with van der Waals surface area (Å²) < 4.78 is 0. The Morgan fingerprint density at radius 1 is 1.16 bits per heavy atom. The lowest BCUT2D eigenvalue weighted by atomic mass is 10.2. The first kappa shape index (κ1) is 14.1. The van der Waals surface area contributed by atoms with Gasteiger partial charge in [-0.2, -0.15) is 0 Å². The average Bonchev–Trinajstić information content (AvgIpc) is 3.24. The number of aromatic nitrogens is 2. The first-order valence-corrected chi connectivity index (χ1v) is 7.35. The van der Waals surface area contributed by atoms with Gasteiger partial charge in [0.05, 0.1) is 0 Å². The van der Waals surface area contributed by atoms with Crippen molar-refractivity contribution < 1.29 is 0 Å². The Morgan fingerprint density at radius 3 is 2.53 bits per heavy atom. The van der Waals surface area contributed by atoms with Crippen LogP contribution in [-0.2, 0) is 0 Å². The third-order valence-electron chi connectivity index (χ3n) is 3.57. The number of unbranched alkanes of at least 4 members (excludes halogenated alkanes) is 3. The molecule has 0 amide bonds. The second-order valence-electron chi connectivity index (χ2n) is 5.31. The van der Waals surface area contributed by atoms with E-state index in [9.17, 15) is 0 Å². The summed E-state index contributed by atoms with van der Waals surface area (Å²) in [6, 6.07) is 0. The molecule has 0 unspecified atom stereocenters. The number of nitrogens with zero attached hydrogens (tertiary/aromatic N) is 2. The van der Waals surface area contributed by atoms with Gasteiger partial charge in [0.1, 0.15) is 17.5 Å². The fourth-order valence-corrected chi connectivity index (χ4v) is 2.13. The Hall–Kier alpha value is -1.36. The third kappa shape index (κ3) is 3.80. The van der Waals surface area contributed by atoms with Crippen molar-refractivity contribution in [3.63, 3.8) is 0 Å². The molecular formula is C14H25N5. The summed E-state index contributed by atoms with van der Waals surface area (Å²) in [4.78, 5) is 9.13. The molecule has 0 aromatic carbocycles. The molecule has 1 aromatic rings. The van der Waals surface area contributed by atoms with E-state index >= 15 is 0 Å². The van der Waals surface area contributed by atoms with Gasteiger partial charge in [-0.1, -0.05) is 26.2 Å². The van der Waals surface area contributed by atoms with Gasteiger partial charge in [-0.25, -0.2) is 15.8 Å². The second-order valence-corrected chi connectivity index (χ2v) is 5.31. The molecule has 4 N–H and O–H groups in total. The molecule has 5 nitrogen and oxygen atoms in total. The summed E-state index contributed by atoms with van der Waals surface area (Å²) in [6.45, 7) is 5.19. The van der Waals surface area contributed by atoms with Crippen LogP contribution in [0, 0.1) is 6.92 Å². The molecule has 5 heteroatoms. The van der Waals surface area contributed by atoms with Crippen LogP contribution >= 0.6 is 0 Å². The standard InChI is InChI=1S/C14H25N5/c1-3-4-5-6-9-16-12-10(2)13(19-15)18-14(17-12)11-7-8-11/h11H,3-9,15H2,1-2H3,(H2,16,17,18,19). The molecule has 1 saturated carbocycles. The lowest BCUT2D eigenvalue weighted by molar-refractivity contribution is 0.683. The van der Waals surface area contributed by atoms with E-state index in [1.54, 1.807) is 0 Å². The van der Waals surface area contributed by atoms with Gasteiger partial charge in [-0.3, -0.25) is 0 Å². The molecule has 106 valence electrons. The molecule has 0 aliphatic heterocycles. The fourth-order valence-electron chi connectivity index (χ4n) is 2.13. The number of nitrogen functional groups attached to an aromatic ring is 1. The number of nitrogens with one attached hydrogen (secondary N) is 2. The van der Waals surface area contributed by atoms with Gasteiger partial charge >= 0.3 is 0 Å². The number of nitrogens with two attached hydrogens (primary N) is 1. The molecule has 1 fully saturated rings. The van der Waals surface area contributed by atoms with Gasteiger partial charge in [-0.05, 0) is 26.2 Å². The summed E-state index contributed by atoms with van der Waals surface area (Å²) >= 11 is 0. The summed E-state index contributed by atoms with van der Waals surface area (Å²) in [5.74, 6) is 8.67. The fraction of sp³-hybridized carbons (Fsp3) is 0.714. The van der Waals surface area contributed by atoms with E-state index < -0.39 is 0 Å². The maximum Gasteiger partial charge on any atom is 0.148 e. The summed E-state index contributed by atoms with van der Waals surface area (Å²) in [5, 5.41) is 3.42. The highest BCUT2D eigenvalue weighted by molar-refractivity contribution is 5.57. The van der Waals surface area contributed by atoms with E-state index in [1.807, 2.05) is 6.92 Å². The van der Waals surface area contributed by atoms with Gasteiger partial charge in [0, 0.05) is 18.0 Å². The Kier molecular flexibility index (Phi) is 4.96. The minimum absolute atomic E-state index is 0.536. The summed E-state index contributed by atoms with van der Waals surface area (Å²) in [7, 11) is 0. The Morgan fingerprint density at radius 2 is 1.89 bits per heavy atom. The Balaban J connectivity index is 1.99. The molecule has 0 radical (unpaired) electrons. The predicted molar refractivity (Wildman–Crippen MR) is 79.2 cm³/mol. The molecule has 0 atom stereocenters. The Bertz CT molecular complexity index is 415. The van der Waals surface area contributed by atoms with Crippen molar-refractivity contribution in [2.45, 2.75) is 58.3 Å². The highest BCUT2D eigenvalue weighted by Crippen LogP contribution is 2.39. The SMILES string of the molecule is CCCCCCNc1nc(C2CC2)nc(NN)c1C. The summed E-state index contributed by atoms with van der Waals surface area (Å²) in [6.07, 6.45) is 7.41. The smallest absolute Gasteiger partial charge is 0.148 e. The van der Waals surface area contributed by atoms with Gasteiger partial charge in [0.15, 0.2) is 0 Å². The average molecular weight is 263 g/mol. The van der Waals surface area contributed by atoms with E-state index in [4.69, 9.17) is 5.84 Å². The first-order valence-electron chi connectivity index (χ1n) is 7.35. The van der Waals surface area contributed by atoms with Crippen LogP contribution in [-0.4, -0.2) is 16.5 Å². The highest BCUT2D eigenvalue weighted by atomic mass is 15.3. The number of hydrazine groups is 1. The van der Waals surface area contributed by atoms with Gasteiger partial charge < -0.3 is 10.7 Å². The van der Waals surface area contributed by atoms with Crippen molar-refractivity contribution in [3.05, 3.63) is 11.4 Å². The van der Waals surface area contributed by atoms with Gasteiger partial charge in [-0.15, -0.1) is 0 Å². The minimum atomic E-state index is 0.536. The zero-order valence-electron chi connectivity index (χ0n) is 12.0. The molecule has 1 heterocycles. The lowest BCUT2D eigenvalue weighted by Crippen LogP contribution is -2.15. The number of rotatable bonds is 8. The second kappa shape index (κ2) is 6.70. The van der Waals surface area contributed by atoms with Crippen LogP contribution in [0.25, 0.3) is 0 Å². The maximum atomic E-state index is 5.54. The van der Waals surface area contributed by atoms with Crippen molar-refractivity contribution in [2.75, 3.05) is 17.3 Å². The van der Waals surface area contributed by atoms with Crippen molar-refractivity contribution in [1.82, 2.24) is 9.97 Å². The molecule has 1 aliphatic rings. The van der Waals surface area contributed by atoms with Crippen molar-refractivity contribution in [3.8, 4) is 0 Å². The summed E-state index contributed by atoms with van der Waals surface area (Å²) in [5.41, 5.74) is 3.68. The maximum absolute atomic E-state index is 5.54. The lowest BCUT2D eigenvalue weighted by Gasteiger charge is -2.13. The molecule has 0 bridgehead atoms. The highest BCUT2D eigenvalue weighted by Gasteiger charge is 2.28. The minimum Gasteiger partial charge on any atom is -0.370 e. The zero-order valence-corrected chi connectivity index (χ0v) is 12.0. The van der Waals surface area contributed by atoms with Gasteiger partial charge in [0.25, 0.3) is 0 Å². The zero-order chi connectivity index (χ0) is 13.7. The largest absolute Gasteiger partial charge is 0.370 e. The number of anilines is 2. The molecule has 19 heavy (non-hydrogen) atoms. The third-order valence-corrected chi connectivity index (χ3v) is 3.57. The quantitative estimate of drug-likeness (QED) is 0.382. The number of hydrogen-bond donors (Lipinski definition) is 3. The van der Waals surface area contributed by atoms with Crippen LogP contribution in [0.1, 0.15) is 62.8 Å². The van der Waals surface area contributed by atoms with Crippen LogP contribution in [0.15, 0.2) is 0 Å². The normalized spacial score (nSPS) is 14.5. The van der Waals surface area contributed by atoms with Gasteiger partial charge in [0.2, 0.25) is 0 Å². The van der Waals surface area contributed by atoms with E-state index in [2.05, 4.69) is 27.6 Å². The van der Waals surface area contributed by atoms with E-state index in [1.165, 1.54) is 38.5 Å². The number of hydrogen-bond acceptors (Lipinski definition) is 5. The van der Waals surface area contributed by atoms with Crippen LogP contribution in [0.4, 0.5) is 11.6 Å². The van der Waals surface area contributed by atoms with Crippen LogP contribution in [0.2, 0.25) is 0 Å². The van der Waals surface area contributed by atoms with E-state index in [-0.39, 0.29) is 0 Å². The molecule has 2 rings (SSSR count). The van der Waals surface area contributed by atoms with E-state index in [0.717, 1.165) is 29.6 Å². The first-order chi connectivity index (χ1) is 9.26. The van der Waals surface area contributed by atoms with E-state index in [0.29, 0.717) is 5.92 Å². The van der Waals surface area contributed by atoms with Crippen molar-refractivity contribution in [1.29, 1.82) is 0 Å². The topological polar surface area (TPSA) is 75.9 Å². The predicted octanol–water partition coefficient (Wildman–Crippen LogP) is 2.94. The molecule has 0 saturated heterocycles. The molecule has 0 spiro atoms. The van der Waals surface area contributed by atoms with Crippen molar-refractivity contribution >= 4 is 11.6 Å². The van der Waals surface area contributed by atoms with Crippen LogP contribution in [0.3, 0.4) is 0 Å². The van der Waals surface area contributed by atoms with Crippen LogP contribution in [0.5, 0.6) is 0 Å². The van der Waals surface area contributed by atoms with Crippen LogP contribution < -0.4 is 16.6 Å². The molecular weight excluding hydrogens is 238 g/mol.